The third-order valence-corrected chi connectivity index (χ3v) is 4.77. The van der Waals surface area contributed by atoms with Crippen LogP contribution in [0.5, 0.6) is 5.88 Å². The van der Waals surface area contributed by atoms with Gasteiger partial charge in [0.15, 0.2) is 0 Å². The fraction of sp³-hybridized carbons (Fsp3) is 0.588. The normalized spacial score (nSPS) is 16.4. The van der Waals surface area contributed by atoms with Crippen LogP contribution >= 0.6 is 0 Å². The molecule has 3 heterocycles. The number of hydrogen-bond donors (Lipinski definition) is 1. The van der Waals surface area contributed by atoms with Gasteiger partial charge < -0.3 is 4.74 Å². The quantitative estimate of drug-likeness (QED) is 0.867. The first-order valence-corrected chi connectivity index (χ1v) is 8.55. The molecule has 0 atom stereocenters. The average molecular weight is 331 g/mol. The molecule has 1 fully saturated rings. The predicted molar refractivity (Wildman–Crippen MR) is 91.0 cm³/mol. The van der Waals surface area contributed by atoms with Crippen molar-refractivity contribution >= 4 is 0 Å². The van der Waals surface area contributed by atoms with Crippen molar-refractivity contribution in [2.45, 2.75) is 39.3 Å². The summed E-state index contributed by atoms with van der Waals surface area (Å²) in [5.41, 5.74) is 1.03. The third kappa shape index (κ3) is 3.67. The second-order valence-electron chi connectivity index (χ2n) is 6.28. The molecule has 0 amide bonds. The topological polar surface area (TPSA) is 76.0 Å². The molecule has 0 saturated carbocycles. The Morgan fingerprint density at radius 2 is 2.17 bits per heavy atom. The summed E-state index contributed by atoms with van der Waals surface area (Å²) in [4.78, 5) is 18.3. The van der Waals surface area contributed by atoms with E-state index in [0.29, 0.717) is 18.3 Å². The molecule has 24 heavy (non-hydrogen) atoms. The van der Waals surface area contributed by atoms with E-state index in [1.54, 1.807) is 17.9 Å². The van der Waals surface area contributed by atoms with Crippen LogP contribution in [-0.2, 0) is 19.5 Å². The molecule has 130 valence electrons. The molecule has 3 rings (SSSR count). The number of rotatable bonds is 6. The van der Waals surface area contributed by atoms with E-state index in [0.717, 1.165) is 50.3 Å². The predicted octanol–water partition coefficient (Wildman–Crippen LogP) is 1.45. The van der Waals surface area contributed by atoms with Crippen LogP contribution < -0.4 is 10.4 Å². The van der Waals surface area contributed by atoms with E-state index < -0.39 is 0 Å². The van der Waals surface area contributed by atoms with Crippen molar-refractivity contribution in [2.24, 2.45) is 5.92 Å². The van der Waals surface area contributed by atoms with E-state index in [9.17, 15) is 4.79 Å². The number of hydrogen-bond acceptors (Lipinski definition) is 5. The molecule has 1 N–H and O–H groups in total. The van der Waals surface area contributed by atoms with Crippen LogP contribution in [0.3, 0.4) is 0 Å². The Kier molecular flexibility index (Phi) is 5.30. The zero-order valence-corrected chi connectivity index (χ0v) is 14.4. The number of likely N-dealkylation sites (tertiary alicyclic amines) is 1. The van der Waals surface area contributed by atoms with Gasteiger partial charge in [0.1, 0.15) is 5.82 Å². The lowest BCUT2D eigenvalue weighted by molar-refractivity contribution is 0.173. The first kappa shape index (κ1) is 16.7. The summed E-state index contributed by atoms with van der Waals surface area (Å²) in [6, 6.07) is 4.02. The van der Waals surface area contributed by atoms with Crippen molar-refractivity contribution in [1.82, 2.24) is 24.6 Å². The molecule has 7 heteroatoms. The minimum atomic E-state index is -0.103. The summed E-state index contributed by atoms with van der Waals surface area (Å²) >= 11 is 0. The molecule has 0 aromatic carbocycles. The van der Waals surface area contributed by atoms with Gasteiger partial charge in [0.25, 0.3) is 0 Å². The van der Waals surface area contributed by atoms with Crippen molar-refractivity contribution in [3.63, 3.8) is 0 Å². The van der Waals surface area contributed by atoms with Crippen molar-refractivity contribution in [3.05, 3.63) is 40.2 Å². The van der Waals surface area contributed by atoms with E-state index >= 15 is 0 Å². The van der Waals surface area contributed by atoms with Crippen LogP contribution in [0.15, 0.2) is 23.1 Å². The number of methoxy groups -OCH3 is 1. The molecule has 1 saturated heterocycles. The Balaban J connectivity index is 1.55. The molecule has 0 unspecified atom stereocenters. The van der Waals surface area contributed by atoms with Gasteiger partial charge in [0.2, 0.25) is 5.88 Å². The van der Waals surface area contributed by atoms with E-state index in [4.69, 9.17) is 4.74 Å². The van der Waals surface area contributed by atoms with E-state index in [-0.39, 0.29) is 5.69 Å². The van der Waals surface area contributed by atoms with Crippen LogP contribution in [0.25, 0.3) is 0 Å². The number of ether oxygens (including phenoxy) is 1. The Morgan fingerprint density at radius 3 is 2.88 bits per heavy atom. The molecule has 0 radical (unpaired) electrons. The highest BCUT2D eigenvalue weighted by molar-refractivity contribution is 5.25. The van der Waals surface area contributed by atoms with Crippen LogP contribution in [0.2, 0.25) is 0 Å². The van der Waals surface area contributed by atoms with Gasteiger partial charge in [-0.05, 0) is 44.8 Å². The summed E-state index contributed by atoms with van der Waals surface area (Å²) in [5.74, 6) is 2.18. The fourth-order valence-electron chi connectivity index (χ4n) is 3.41. The number of nitrogens with one attached hydrogen (secondary N) is 1. The summed E-state index contributed by atoms with van der Waals surface area (Å²) < 4.78 is 7.06. The first-order valence-electron chi connectivity index (χ1n) is 8.55. The Morgan fingerprint density at radius 1 is 1.38 bits per heavy atom. The van der Waals surface area contributed by atoms with E-state index in [1.807, 2.05) is 13.0 Å². The molecular formula is C17H25N5O2. The standard InChI is InChI=1S/C17H25N5O2/c1-3-22-15(19-20-17(22)23)11-13-6-9-21(10-7-13)12-14-5-4-8-18-16(14)24-2/h4-5,8,13H,3,6-7,9-12H2,1-2H3,(H,20,23). The number of nitrogens with zero attached hydrogens (tertiary/aromatic N) is 4. The second-order valence-corrected chi connectivity index (χ2v) is 6.28. The van der Waals surface area contributed by atoms with Crippen molar-refractivity contribution < 1.29 is 4.74 Å². The van der Waals surface area contributed by atoms with Gasteiger partial charge in [-0.3, -0.25) is 9.47 Å². The SMILES string of the molecule is CCn1c(CC2CCN(Cc3cccnc3OC)CC2)n[nH]c1=O. The monoisotopic (exact) mass is 331 g/mol. The average Bonchev–Trinajstić information content (AvgIpc) is 2.96. The summed E-state index contributed by atoms with van der Waals surface area (Å²) in [6.45, 7) is 5.60. The van der Waals surface area contributed by atoms with Crippen molar-refractivity contribution in [3.8, 4) is 5.88 Å². The lowest BCUT2D eigenvalue weighted by Crippen LogP contribution is -2.34. The highest BCUT2D eigenvalue weighted by Crippen LogP contribution is 2.23. The molecule has 2 aromatic rings. The molecule has 0 spiro atoms. The summed E-state index contributed by atoms with van der Waals surface area (Å²) in [7, 11) is 1.66. The van der Waals surface area contributed by atoms with Crippen LogP contribution in [0.4, 0.5) is 0 Å². The van der Waals surface area contributed by atoms with Crippen LogP contribution in [-0.4, -0.2) is 44.8 Å². The van der Waals surface area contributed by atoms with Gasteiger partial charge in [0, 0.05) is 31.3 Å². The molecule has 1 aliphatic rings. The zero-order valence-electron chi connectivity index (χ0n) is 14.4. The van der Waals surface area contributed by atoms with Gasteiger partial charge in [-0.25, -0.2) is 14.9 Å². The second kappa shape index (κ2) is 7.61. The highest BCUT2D eigenvalue weighted by atomic mass is 16.5. The fourth-order valence-corrected chi connectivity index (χ4v) is 3.41. The number of piperidine rings is 1. The molecule has 7 nitrogen and oxygen atoms in total. The lowest BCUT2D eigenvalue weighted by atomic mass is 9.93. The van der Waals surface area contributed by atoms with Crippen molar-refractivity contribution in [1.29, 1.82) is 0 Å². The number of pyridine rings is 1. The minimum absolute atomic E-state index is 0.103. The smallest absolute Gasteiger partial charge is 0.343 e. The van der Waals surface area contributed by atoms with Crippen LogP contribution in [0, 0.1) is 5.92 Å². The molecular weight excluding hydrogens is 306 g/mol. The van der Waals surface area contributed by atoms with Gasteiger partial charge >= 0.3 is 5.69 Å². The lowest BCUT2D eigenvalue weighted by Gasteiger charge is -2.31. The number of H-pyrrole nitrogens is 1. The summed E-state index contributed by atoms with van der Waals surface area (Å²) in [6.07, 6.45) is 4.86. The van der Waals surface area contributed by atoms with Crippen molar-refractivity contribution in [2.75, 3.05) is 20.2 Å². The Hall–Kier alpha value is -2.15. The van der Waals surface area contributed by atoms with E-state index in [1.165, 1.54) is 0 Å². The Bertz CT molecular complexity index is 716. The maximum absolute atomic E-state index is 11.6. The molecule has 2 aromatic heterocycles. The molecule has 0 aliphatic carbocycles. The van der Waals surface area contributed by atoms with Gasteiger partial charge in [-0.1, -0.05) is 6.07 Å². The van der Waals surface area contributed by atoms with Gasteiger partial charge in [0.05, 0.1) is 7.11 Å². The third-order valence-electron chi connectivity index (χ3n) is 4.77. The van der Waals surface area contributed by atoms with Crippen LogP contribution in [0.1, 0.15) is 31.2 Å². The van der Waals surface area contributed by atoms with Gasteiger partial charge in [-0.2, -0.15) is 5.10 Å². The highest BCUT2D eigenvalue weighted by Gasteiger charge is 2.22. The first-order chi connectivity index (χ1) is 11.7. The maximum Gasteiger partial charge on any atom is 0.343 e. The number of aromatic amines is 1. The Labute approximate surface area is 141 Å². The molecule has 0 bridgehead atoms. The number of aromatic nitrogens is 4. The maximum atomic E-state index is 11.6. The largest absolute Gasteiger partial charge is 0.481 e. The van der Waals surface area contributed by atoms with Gasteiger partial charge in [-0.15, -0.1) is 0 Å². The minimum Gasteiger partial charge on any atom is -0.481 e. The zero-order chi connectivity index (χ0) is 16.9. The van der Waals surface area contributed by atoms with E-state index in [2.05, 4.69) is 26.1 Å². The summed E-state index contributed by atoms with van der Waals surface area (Å²) in [5, 5.41) is 6.74. The molecule has 1 aliphatic heterocycles.